The zero-order valence-corrected chi connectivity index (χ0v) is 26.8. The molecule has 0 saturated carbocycles. The zero-order valence-electron chi connectivity index (χ0n) is 26.8. The lowest BCUT2D eigenvalue weighted by molar-refractivity contribution is -0.358. The summed E-state index contributed by atoms with van der Waals surface area (Å²) in [6.45, 7) is -2.34. The molecule has 3 aromatic rings. The van der Waals surface area contributed by atoms with Gasteiger partial charge in [0.2, 0.25) is 23.8 Å². The van der Waals surface area contributed by atoms with Crippen LogP contribution in [0.25, 0.3) is 22.3 Å². The van der Waals surface area contributed by atoms with Crippen molar-refractivity contribution in [3.63, 3.8) is 0 Å². The van der Waals surface area contributed by atoms with Crippen molar-refractivity contribution in [2.45, 2.75) is 86.0 Å². The van der Waals surface area contributed by atoms with Gasteiger partial charge < -0.3 is 94.1 Å². The monoisotopic (exact) mass is 742 g/mol. The molecule has 3 fully saturated rings. The molecule has 0 unspecified atom stereocenters. The molecule has 0 bridgehead atoms. The number of fused-ring (bicyclic) bond motifs is 1. The first-order valence-electron chi connectivity index (χ1n) is 15.9. The molecule has 6 rings (SSSR count). The van der Waals surface area contributed by atoms with Crippen LogP contribution in [0, 0.1) is 0 Å². The lowest BCUT2D eigenvalue weighted by Gasteiger charge is -2.45. The Morgan fingerprint density at radius 1 is 0.615 bits per heavy atom. The third-order valence-corrected chi connectivity index (χ3v) is 8.98. The third-order valence-electron chi connectivity index (χ3n) is 8.98. The standard InChI is InChI=1S/C32H38O20/c33-7-15-19(38)23(42)26(45)31(49-15)52-29-24(43)20(39)16(8-34)50-32(29)51-28-22(41)18-13(37)5-12(46-30-25(44)21(40)17(9-35)48-30)6-14(18)47-27(28)10-1-3-11(36)4-2-10/h1-6,15-17,19-21,23-26,29-40,42-45H,7-9H2/t15-,16-,17-,19-,20-,21-,23-,24-,25+,26-,29-,30+,31-,32-/m1/s1. The van der Waals surface area contributed by atoms with Gasteiger partial charge in [0.1, 0.15) is 89.3 Å². The van der Waals surface area contributed by atoms with Crippen molar-refractivity contribution in [2.75, 3.05) is 19.8 Å². The first-order chi connectivity index (χ1) is 24.8. The molecule has 4 heterocycles. The van der Waals surface area contributed by atoms with Crippen molar-refractivity contribution in [1.82, 2.24) is 0 Å². The number of benzene rings is 2. The van der Waals surface area contributed by atoms with Crippen LogP contribution in [0.5, 0.6) is 23.0 Å². The Bertz CT molecular complexity index is 1750. The zero-order chi connectivity index (χ0) is 37.6. The predicted octanol–water partition coefficient (Wildman–Crippen LogP) is -4.31. The molecular formula is C32H38O20. The quantitative estimate of drug-likeness (QED) is 0.0934. The molecule has 52 heavy (non-hydrogen) atoms. The number of ether oxygens (including phenoxy) is 6. The number of aliphatic hydroxyl groups excluding tert-OH is 10. The fraction of sp³-hybridized carbons (Fsp3) is 0.531. The smallest absolute Gasteiger partial charge is 0.239 e. The van der Waals surface area contributed by atoms with E-state index in [1.807, 2.05) is 0 Å². The summed E-state index contributed by atoms with van der Waals surface area (Å²) in [5, 5.41) is 122. The van der Waals surface area contributed by atoms with Gasteiger partial charge in [0, 0.05) is 17.7 Å². The highest BCUT2D eigenvalue weighted by molar-refractivity contribution is 5.88. The molecule has 0 radical (unpaired) electrons. The Balaban J connectivity index is 1.41. The lowest BCUT2D eigenvalue weighted by Crippen LogP contribution is -2.65. The summed E-state index contributed by atoms with van der Waals surface area (Å²) in [6.07, 6.45) is -23.9. The molecule has 0 amide bonds. The molecular weight excluding hydrogens is 704 g/mol. The molecule has 2 aromatic carbocycles. The van der Waals surface area contributed by atoms with Crippen molar-refractivity contribution in [2.24, 2.45) is 0 Å². The van der Waals surface area contributed by atoms with Crippen molar-refractivity contribution in [3.8, 4) is 34.3 Å². The number of phenolic OH excluding ortho intramolecular Hbond substituents is 2. The number of hydrogen-bond donors (Lipinski definition) is 12. The molecule has 3 aliphatic rings. The number of aliphatic hydroxyl groups is 10. The van der Waals surface area contributed by atoms with Gasteiger partial charge in [-0.05, 0) is 24.3 Å². The van der Waals surface area contributed by atoms with Crippen LogP contribution in [-0.4, -0.2) is 167 Å². The number of aromatic hydroxyl groups is 2. The molecule has 12 N–H and O–H groups in total. The summed E-state index contributed by atoms with van der Waals surface area (Å²) in [5.41, 5.74) is -1.27. The van der Waals surface area contributed by atoms with Gasteiger partial charge in [0.05, 0.1) is 19.8 Å². The van der Waals surface area contributed by atoms with E-state index in [4.69, 9.17) is 32.8 Å². The molecule has 3 saturated heterocycles. The summed E-state index contributed by atoms with van der Waals surface area (Å²) in [7, 11) is 0. The molecule has 0 aliphatic carbocycles. The summed E-state index contributed by atoms with van der Waals surface area (Å²) in [5.74, 6) is -2.18. The fourth-order valence-corrected chi connectivity index (χ4v) is 6.08. The number of rotatable bonds is 10. The van der Waals surface area contributed by atoms with E-state index >= 15 is 0 Å². The van der Waals surface area contributed by atoms with E-state index < -0.39 is 128 Å². The van der Waals surface area contributed by atoms with Crippen LogP contribution >= 0.6 is 0 Å². The van der Waals surface area contributed by atoms with Crippen molar-refractivity contribution in [3.05, 3.63) is 46.6 Å². The van der Waals surface area contributed by atoms with Crippen molar-refractivity contribution < 1.29 is 94.1 Å². The van der Waals surface area contributed by atoms with Crippen LogP contribution in [-0.2, 0) is 18.9 Å². The minimum absolute atomic E-state index is 0.0996. The van der Waals surface area contributed by atoms with Crippen LogP contribution in [0.2, 0.25) is 0 Å². The number of phenols is 2. The Morgan fingerprint density at radius 2 is 1.15 bits per heavy atom. The Hall–Kier alpha value is -3.71. The van der Waals surface area contributed by atoms with E-state index in [-0.39, 0.29) is 28.4 Å². The molecule has 20 heteroatoms. The summed E-state index contributed by atoms with van der Waals surface area (Å²) in [4.78, 5) is 14.2. The minimum atomic E-state index is -1.99. The maximum atomic E-state index is 14.2. The van der Waals surface area contributed by atoms with E-state index in [9.17, 15) is 66.1 Å². The second kappa shape index (κ2) is 15.3. The average Bonchev–Trinajstić information content (AvgIpc) is 3.39. The summed E-state index contributed by atoms with van der Waals surface area (Å²) >= 11 is 0. The first kappa shape index (κ1) is 38.0. The van der Waals surface area contributed by atoms with E-state index in [1.165, 1.54) is 24.3 Å². The van der Waals surface area contributed by atoms with Gasteiger partial charge >= 0.3 is 0 Å². The van der Waals surface area contributed by atoms with Gasteiger partial charge in [-0.3, -0.25) is 4.79 Å². The normalized spacial score (nSPS) is 36.6. The molecule has 0 spiro atoms. The van der Waals surface area contributed by atoms with Gasteiger partial charge in [0.25, 0.3) is 0 Å². The third kappa shape index (κ3) is 7.02. The van der Waals surface area contributed by atoms with Gasteiger partial charge in [0.15, 0.2) is 18.2 Å². The second-order valence-corrected chi connectivity index (χ2v) is 12.4. The Kier molecular flexibility index (Phi) is 11.2. The van der Waals surface area contributed by atoms with Crippen LogP contribution in [0.15, 0.2) is 45.6 Å². The largest absolute Gasteiger partial charge is 0.508 e. The Labute approximate surface area is 292 Å². The second-order valence-electron chi connectivity index (χ2n) is 12.4. The van der Waals surface area contributed by atoms with E-state index in [0.29, 0.717) is 0 Å². The first-order valence-corrected chi connectivity index (χ1v) is 15.9. The summed E-state index contributed by atoms with van der Waals surface area (Å²) < 4.78 is 39.6. The van der Waals surface area contributed by atoms with E-state index in [2.05, 4.69) is 0 Å². The molecule has 3 aliphatic heterocycles. The average molecular weight is 743 g/mol. The molecule has 286 valence electrons. The van der Waals surface area contributed by atoms with Gasteiger partial charge in [-0.15, -0.1) is 0 Å². The Morgan fingerprint density at radius 3 is 1.77 bits per heavy atom. The molecule has 1 aromatic heterocycles. The topological polar surface area (TPSA) is 328 Å². The molecule has 20 nitrogen and oxygen atoms in total. The van der Waals surface area contributed by atoms with Crippen LogP contribution < -0.4 is 14.9 Å². The maximum Gasteiger partial charge on any atom is 0.239 e. The maximum absolute atomic E-state index is 14.2. The highest BCUT2D eigenvalue weighted by Crippen LogP contribution is 2.39. The SMILES string of the molecule is O=c1c(O[C@H]2O[C@H](CO)[C@@H](O)[C@@H](O)[C@H]2O[C@H]2O[C@H](CO)[C@@H](O)[C@@H](O)[C@H]2O)c(-c2ccc(O)cc2)oc2cc(O[C@H]3O[C@H](CO)[C@@H](O)[C@@H]3O)cc(O)c12. The molecule has 14 atom stereocenters. The van der Waals surface area contributed by atoms with E-state index in [0.717, 1.165) is 12.1 Å². The van der Waals surface area contributed by atoms with Crippen LogP contribution in [0.3, 0.4) is 0 Å². The summed E-state index contributed by atoms with van der Waals surface area (Å²) in [6, 6.07) is 7.23. The number of hydrogen-bond acceptors (Lipinski definition) is 20. The highest BCUT2D eigenvalue weighted by atomic mass is 16.8. The van der Waals surface area contributed by atoms with Gasteiger partial charge in [-0.25, -0.2) is 0 Å². The van der Waals surface area contributed by atoms with Crippen molar-refractivity contribution in [1.29, 1.82) is 0 Å². The van der Waals surface area contributed by atoms with Crippen molar-refractivity contribution >= 4 is 11.0 Å². The fourth-order valence-electron chi connectivity index (χ4n) is 6.08. The lowest BCUT2D eigenvalue weighted by atomic mass is 9.97. The van der Waals surface area contributed by atoms with Gasteiger partial charge in [-0.1, -0.05) is 0 Å². The van der Waals surface area contributed by atoms with E-state index in [1.54, 1.807) is 0 Å². The van der Waals surface area contributed by atoms with Crippen LogP contribution in [0.4, 0.5) is 0 Å². The van der Waals surface area contributed by atoms with Gasteiger partial charge in [-0.2, -0.15) is 0 Å². The predicted molar refractivity (Wildman–Crippen MR) is 167 cm³/mol. The van der Waals surface area contributed by atoms with Crippen LogP contribution in [0.1, 0.15) is 0 Å². The minimum Gasteiger partial charge on any atom is -0.508 e. The highest BCUT2D eigenvalue weighted by Gasteiger charge is 2.52.